The van der Waals surface area contributed by atoms with Crippen LogP contribution in [-0.2, 0) is 0 Å². The van der Waals surface area contributed by atoms with E-state index in [0.717, 1.165) is 30.4 Å². The molecule has 1 saturated heterocycles. The summed E-state index contributed by atoms with van der Waals surface area (Å²) in [5.74, 6) is 0.747. The second kappa shape index (κ2) is 5.85. The second-order valence-corrected chi connectivity index (χ2v) is 5.73. The fraction of sp³-hybridized carbons (Fsp3) is 0.500. The Morgan fingerprint density at radius 1 is 1.39 bits per heavy atom. The number of carbonyl (C=O) groups excluding carboxylic acids is 1. The first kappa shape index (κ1) is 13.6. The summed E-state index contributed by atoms with van der Waals surface area (Å²) in [6.45, 7) is 3.67. The Morgan fingerprint density at radius 3 is 2.67 bits per heavy atom. The smallest absolute Gasteiger partial charge is 0.163 e. The number of piperidine rings is 1. The molecule has 0 atom stereocenters. The van der Waals surface area contributed by atoms with E-state index in [2.05, 4.69) is 27.9 Å². The Hall–Kier alpha value is -0.870. The van der Waals surface area contributed by atoms with E-state index in [1.807, 2.05) is 18.2 Å². The Morgan fingerprint density at radius 2 is 2.06 bits per heavy atom. The third-order valence-corrected chi connectivity index (χ3v) is 3.78. The van der Waals surface area contributed by atoms with E-state index in [9.17, 15) is 4.79 Å². The van der Waals surface area contributed by atoms with Gasteiger partial charge < -0.3 is 9.64 Å². The van der Waals surface area contributed by atoms with E-state index < -0.39 is 0 Å². The van der Waals surface area contributed by atoms with Crippen molar-refractivity contribution in [1.82, 2.24) is 4.90 Å². The molecule has 18 heavy (non-hydrogen) atoms. The van der Waals surface area contributed by atoms with Crippen molar-refractivity contribution >= 4 is 21.7 Å². The van der Waals surface area contributed by atoms with Crippen molar-refractivity contribution in [3.63, 3.8) is 0 Å². The SMILES string of the molecule is CC(=O)c1ccc(Br)cc1OC1CCN(C)CC1. The maximum Gasteiger partial charge on any atom is 0.163 e. The quantitative estimate of drug-likeness (QED) is 0.803. The van der Waals surface area contributed by atoms with Gasteiger partial charge in [-0.2, -0.15) is 0 Å². The Kier molecular flexibility index (Phi) is 4.40. The first-order valence-corrected chi connectivity index (χ1v) is 7.01. The standard InChI is InChI=1S/C14H18BrNO2/c1-10(17)13-4-3-11(15)9-14(13)18-12-5-7-16(2)8-6-12/h3-4,9,12H,5-8H2,1-2H3. The maximum absolute atomic E-state index is 11.6. The molecule has 1 aliphatic rings. The Bertz CT molecular complexity index is 439. The van der Waals surface area contributed by atoms with Crippen molar-refractivity contribution in [2.45, 2.75) is 25.9 Å². The fourth-order valence-corrected chi connectivity index (χ4v) is 2.51. The third kappa shape index (κ3) is 3.33. The summed E-state index contributed by atoms with van der Waals surface area (Å²) in [4.78, 5) is 13.9. The maximum atomic E-state index is 11.6. The van der Waals surface area contributed by atoms with Crippen LogP contribution in [-0.4, -0.2) is 36.9 Å². The topological polar surface area (TPSA) is 29.5 Å². The summed E-state index contributed by atoms with van der Waals surface area (Å²) in [6.07, 6.45) is 2.24. The minimum atomic E-state index is 0.0467. The molecule has 1 aromatic rings. The number of ketones is 1. The molecular weight excluding hydrogens is 294 g/mol. The predicted molar refractivity (Wildman–Crippen MR) is 75.3 cm³/mol. The number of hydrogen-bond acceptors (Lipinski definition) is 3. The van der Waals surface area contributed by atoms with Crippen LogP contribution in [0.3, 0.4) is 0 Å². The van der Waals surface area contributed by atoms with Crippen molar-refractivity contribution in [3.8, 4) is 5.75 Å². The molecule has 0 spiro atoms. The first-order chi connectivity index (χ1) is 8.56. The third-order valence-electron chi connectivity index (χ3n) is 3.28. The molecule has 0 amide bonds. The molecule has 2 rings (SSSR count). The Balaban J connectivity index is 2.12. The highest BCUT2D eigenvalue weighted by Gasteiger charge is 2.20. The van der Waals surface area contributed by atoms with E-state index in [1.165, 1.54) is 0 Å². The van der Waals surface area contributed by atoms with Crippen molar-refractivity contribution in [2.24, 2.45) is 0 Å². The van der Waals surface area contributed by atoms with Gasteiger partial charge in [0, 0.05) is 17.6 Å². The average molecular weight is 312 g/mol. The van der Waals surface area contributed by atoms with Crippen molar-refractivity contribution in [1.29, 1.82) is 0 Å². The van der Waals surface area contributed by atoms with E-state index in [0.29, 0.717) is 11.3 Å². The van der Waals surface area contributed by atoms with Crippen molar-refractivity contribution in [3.05, 3.63) is 28.2 Å². The summed E-state index contributed by atoms with van der Waals surface area (Å²) in [5.41, 5.74) is 0.664. The summed E-state index contributed by atoms with van der Waals surface area (Å²) >= 11 is 3.42. The summed E-state index contributed by atoms with van der Waals surface area (Å²) in [5, 5.41) is 0. The molecule has 0 aliphatic carbocycles. The molecule has 0 radical (unpaired) electrons. The van der Waals surface area contributed by atoms with Gasteiger partial charge in [-0.1, -0.05) is 15.9 Å². The molecule has 4 heteroatoms. The number of likely N-dealkylation sites (tertiary alicyclic amines) is 1. The molecular formula is C14H18BrNO2. The van der Waals surface area contributed by atoms with Crippen LogP contribution in [0.15, 0.2) is 22.7 Å². The number of Topliss-reactive ketones (excluding diaryl/α,β-unsaturated/α-hetero) is 1. The summed E-state index contributed by atoms with van der Waals surface area (Å²) < 4.78 is 6.94. The first-order valence-electron chi connectivity index (χ1n) is 6.22. The van der Waals surface area contributed by atoms with E-state index in [4.69, 9.17) is 4.74 Å². The van der Waals surface area contributed by atoms with Crippen LogP contribution in [0.2, 0.25) is 0 Å². The highest BCUT2D eigenvalue weighted by Crippen LogP contribution is 2.27. The zero-order valence-corrected chi connectivity index (χ0v) is 12.4. The second-order valence-electron chi connectivity index (χ2n) is 4.82. The summed E-state index contributed by atoms with van der Waals surface area (Å²) in [6, 6.07) is 5.57. The molecule has 0 bridgehead atoms. The minimum Gasteiger partial charge on any atom is -0.490 e. The van der Waals surface area contributed by atoms with Crippen LogP contribution in [0.1, 0.15) is 30.1 Å². The highest BCUT2D eigenvalue weighted by atomic mass is 79.9. The van der Waals surface area contributed by atoms with Crippen LogP contribution in [0.4, 0.5) is 0 Å². The van der Waals surface area contributed by atoms with Crippen LogP contribution < -0.4 is 4.74 Å². The van der Waals surface area contributed by atoms with Gasteiger partial charge in [-0.3, -0.25) is 4.79 Å². The van der Waals surface area contributed by atoms with Gasteiger partial charge in [-0.15, -0.1) is 0 Å². The molecule has 1 fully saturated rings. The van der Waals surface area contributed by atoms with Gasteiger partial charge in [-0.25, -0.2) is 0 Å². The average Bonchev–Trinajstić information content (AvgIpc) is 2.32. The number of ether oxygens (including phenoxy) is 1. The van der Waals surface area contributed by atoms with Gasteiger partial charge in [0.15, 0.2) is 5.78 Å². The van der Waals surface area contributed by atoms with E-state index >= 15 is 0 Å². The molecule has 0 aromatic heterocycles. The lowest BCUT2D eigenvalue weighted by molar-refractivity contribution is 0.0981. The normalized spacial score (nSPS) is 17.7. The zero-order chi connectivity index (χ0) is 13.1. The van der Waals surface area contributed by atoms with Gasteiger partial charge in [0.05, 0.1) is 5.56 Å². The number of halogens is 1. The van der Waals surface area contributed by atoms with Gasteiger partial charge in [0.1, 0.15) is 11.9 Å². The van der Waals surface area contributed by atoms with E-state index in [1.54, 1.807) is 6.92 Å². The van der Waals surface area contributed by atoms with Crippen molar-refractivity contribution in [2.75, 3.05) is 20.1 Å². The fourth-order valence-electron chi connectivity index (χ4n) is 2.17. The lowest BCUT2D eigenvalue weighted by atomic mass is 10.1. The van der Waals surface area contributed by atoms with E-state index in [-0.39, 0.29) is 11.9 Å². The van der Waals surface area contributed by atoms with Crippen LogP contribution in [0, 0.1) is 0 Å². The highest BCUT2D eigenvalue weighted by molar-refractivity contribution is 9.10. The molecule has 1 aliphatic heterocycles. The van der Waals surface area contributed by atoms with Gasteiger partial charge in [-0.05, 0) is 45.0 Å². The molecule has 0 unspecified atom stereocenters. The molecule has 98 valence electrons. The van der Waals surface area contributed by atoms with Gasteiger partial charge in [0.25, 0.3) is 0 Å². The number of rotatable bonds is 3. The summed E-state index contributed by atoms with van der Waals surface area (Å²) in [7, 11) is 2.12. The molecule has 3 nitrogen and oxygen atoms in total. The molecule has 1 heterocycles. The number of nitrogens with zero attached hydrogens (tertiary/aromatic N) is 1. The monoisotopic (exact) mass is 311 g/mol. The van der Waals surface area contributed by atoms with Gasteiger partial charge in [0.2, 0.25) is 0 Å². The largest absolute Gasteiger partial charge is 0.490 e. The number of hydrogen-bond donors (Lipinski definition) is 0. The molecule has 0 saturated carbocycles. The lowest BCUT2D eigenvalue weighted by Gasteiger charge is -2.29. The minimum absolute atomic E-state index is 0.0467. The van der Waals surface area contributed by atoms with Crippen LogP contribution in [0.25, 0.3) is 0 Å². The number of carbonyl (C=O) groups is 1. The van der Waals surface area contributed by atoms with Crippen molar-refractivity contribution < 1.29 is 9.53 Å². The number of benzene rings is 1. The van der Waals surface area contributed by atoms with Gasteiger partial charge >= 0.3 is 0 Å². The molecule has 0 N–H and O–H groups in total. The predicted octanol–water partition coefficient (Wildman–Crippen LogP) is 3.12. The van der Waals surface area contributed by atoms with Crippen LogP contribution >= 0.6 is 15.9 Å². The van der Waals surface area contributed by atoms with Crippen LogP contribution in [0.5, 0.6) is 5.75 Å². The zero-order valence-electron chi connectivity index (χ0n) is 10.8. The Labute approximate surface area is 116 Å². The molecule has 1 aromatic carbocycles. The lowest BCUT2D eigenvalue weighted by Crippen LogP contribution is -2.35.